The van der Waals surface area contributed by atoms with E-state index >= 15 is 0 Å². The van der Waals surface area contributed by atoms with Crippen molar-refractivity contribution >= 4 is 63.7 Å². The number of aromatic nitrogens is 3. The van der Waals surface area contributed by atoms with Crippen LogP contribution in [-0.4, -0.2) is 74.0 Å². The number of hydrogen-bond acceptors (Lipinski definition) is 10. The number of nitrogens with zero attached hydrogens (tertiary/aromatic N) is 5. The number of aryl methyl sites for hydroxylation is 2. The number of carbonyl (C=O) groups excluding carboxylic acids is 5. The molecule has 1 unspecified atom stereocenters. The lowest BCUT2D eigenvalue weighted by atomic mass is 9.99. The topological polar surface area (TPSA) is 165 Å². The Morgan fingerprint density at radius 2 is 1.68 bits per heavy atom. The first-order valence-electron chi connectivity index (χ1n) is 20.5. The van der Waals surface area contributed by atoms with Crippen LogP contribution in [-0.2, 0) is 30.5 Å². The molecule has 3 aliphatic rings. The van der Waals surface area contributed by atoms with E-state index in [0.29, 0.717) is 60.1 Å². The van der Waals surface area contributed by atoms with Crippen LogP contribution in [0.1, 0.15) is 132 Å². The average molecular weight is 840 g/mol. The summed E-state index contributed by atoms with van der Waals surface area (Å²) in [6, 6.07) is 11.7. The van der Waals surface area contributed by atoms with E-state index in [-0.39, 0.29) is 49.3 Å². The van der Waals surface area contributed by atoms with E-state index in [0.717, 1.165) is 71.8 Å². The molecule has 5 heterocycles. The normalized spacial score (nSPS) is 17.3. The number of aliphatic imine (C=N–C) groups is 1. The Balaban J connectivity index is 0.785. The van der Waals surface area contributed by atoms with Crippen LogP contribution < -0.4 is 10.6 Å². The number of nitrogens with one attached hydrogen (secondary N) is 2. The predicted octanol–water partition coefficient (Wildman–Crippen LogP) is 7.69. The first kappa shape index (κ1) is 42.1. The van der Waals surface area contributed by atoms with Crippen molar-refractivity contribution in [2.75, 3.05) is 18.5 Å². The molecule has 4 amide bonds. The Bertz CT molecular complexity index is 2280. The van der Waals surface area contributed by atoms with Gasteiger partial charge in [-0.15, -0.1) is 21.5 Å². The van der Waals surface area contributed by atoms with Gasteiger partial charge in [0.2, 0.25) is 17.7 Å². The van der Waals surface area contributed by atoms with Gasteiger partial charge in [0.25, 0.3) is 5.91 Å². The molecule has 0 saturated carbocycles. The number of unbranched alkanes of at least 4 members (excludes halogenated alkanes) is 5. The Hall–Kier alpha value is -5.05. The van der Waals surface area contributed by atoms with Crippen LogP contribution in [0.2, 0.25) is 5.02 Å². The van der Waals surface area contributed by atoms with E-state index in [4.69, 9.17) is 21.3 Å². The number of benzene rings is 2. The maximum atomic E-state index is 13.3. The van der Waals surface area contributed by atoms with E-state index in [9.17, 15) is 24.0 Å². The summed E-state index contributed by atoms with van der Waals surface area (Å²) in [5.41, 5.74) is 5.72. The van der Waals surface area contributed by atoms with Crippen LogP contribution in [0.3, 0.4) is 0 Å². The van der Waals surface area contributed by atoms with E-state index in [1.807, 2.05) is 31.2 Å². The summed E-state index contributed by atoms with van der Waals surface area (Å²) >= 11 is 7.92. The van der Waals surface area contributed by atoms with Gasteiger partial charge in [0.15, 0.2) is 5.82 Å². The molecule has 0 bridgehead atoms. The molecule has 15 heteroatoms. The SMILES string of the molecule is Cc1sc2c(c1C)C(c1ccc(Cl)cc1)=N[C@@H](CC(=O)CCCOCCCCCCCCC(=O)Nc1cccc3c1CN(C1CCC(=O)NC1=O)C3=O)c1nnc(C)n1-2. The minimum atomic E-state index is -0.700. The molecule has 2 aromatic heterocycles. The van der Waals surface area contributed by atoms with Crippen molar-refractivity contribution in [3.63, 3.8) is 0 Å². The summed E-state index contributed by atoms with van der Waals surface area (Å²) in [5.74, 6) is 0.384. The number of rotatable bonds is 18. The highest BCUT2D eigenvalue weighted by Gasteiger charge is 2.40. The summed E-state index contributed by atoms with van der Waals surface area (Å²) in [7, 11) is 0. The molecule has 1 saturated heterocycles. The van der Waals surface area contributed by atoms with Gasteiger partial charge in [0, 0.05) is 83.3 Å². The molecule has 3 aliphatic heterocycles. The first-order valence-corrected chi connectivity index (χ1v) is 21.7. The van der Waals surface area contributed by atoms with Crippen molar-refractivity contribution in [3.05, 3.63) is 91.8 Å². The van der Waals surface area contributed by atoms with Gasteiger partial charge in [-0.3, -0.25) is 38.8 Å². The van der Waals surface area contributed by atoms with Crippen molar-refractivity contribution < 1.29 is 28.7 Å². The highest BCUT2D eigenvalue weighted by atomic mass is 35.5. The van der Waals surface area contributed by atoms with Gasteiger partial charge in [0.1, 0.15) is 28.7 Å². The maximum Gasteiger partial charge on any atom is 0.255 e. The fourth-order valence-corrected chi connectivity index (χ4v) is 9.38. The zero-order valence-electron chi connectivity index (χ0n) is 33.8. The average Bonchev–Trinajstić information content (AvgIpc) is 3.82. The summed E-state index contributed by atoms with van der Waals surface area (Å²) in [5, 5.41) is 15.9. The standard InChI is InChI=1S/C44H50ClN7O6S/c1-26-27(2)59-44-39(26)40(29-16-18-30(45)19-17-29)47-35(41-50-49-28(3)52(41)44)24-31(53)12-11-23-58-22-9-7-5-4-6-8-15-37(54)46-34-14-10-13-32-33(34)25-51(43(32)57)36-20-21-38(55)48-42(36)56/h10,13-14,16-19,35-36H,4-9,11-12,15,20-25H2,1-3H3,(H,46,54)(H,48,55,56)/t35-,36?/m0/s1. The number of amides is 4. The molecular formula is C44H50ClN7O6S. The van der Waals surface area contributed by atoms with Gasteiger partial charge in [0.05, 0.1) is 5.71 Å². The Labute approximate surface area is 353 Å². The van der Waals surface area contributed by atoms with E-state index in [1.165, 1.54) is 9.78 Å². The number of hydrogen-bond donors (Lipinski definition) is 2. The Kier molecular flexibility index (Phi) is 13.5. The number of imide groups is 1. The van der Waals surface area contributed by atoms with Crippen LogP contribution in [0.4, 0.5) is 5.69 Å². The van der Waals surface area contributed by atoms with Crippen molar-refractivity contribution in [2.24, 2.45) is 4.99 Å². The molecule has 0 radical (unpaired) electrons. The molecule has 0 spiro atoms. The number of piperidine rings is 1. The molecular weight excluding hydrogens is 790 g/mol. The fourth-order valence-electron chi connectivity index (χ4n) is 8.04. The van der Waals surface area contributed by atoms with E-state index in [1.54, 1.807) is 29.5 Å². The second-order valence-corrected chi connectivity index (χ2v) is 17.2. The summed E-state index contributed by atoms with van der Waals surface area (Å²) in [6.07, 6.45) is 7.83. The number of thiophene rings is 1. The van der Waals surface area contributed by atoms with Crippen molar-refractivity contribution in [1.82, 2.24) is 25.0 Å². The van der Waals surface area contributed by atoms with Gasteiger partial charge >= 0.3 is 0 Å². The van der Waals surface area contributed by atoms with Crippen molar-refractivity contribution in [1.29, 1.82) is 0 Å². The zero-order chi connectivity index (χ0) is 41.6. The minimum Gasteiger partial charge on any atom is -0.381 e. The molecule has 0 aliphatic carbocycles. The first-order chi connectivity index (χ1) is 28.5. The molecule has 59 heavy (non-hydrogen) atoms. The Morgan fingerprint density at radius 1 is 0.932 bits per heavy atom. The van der Waals surface area contributed by atoms with Crippen LogP contribution in [0, 0.1) is 20.8 Å². The van der Waals surface area contributed by atoms with Crippen LogP contribution in [0.5, 0.6) is 0 Å². The van der Waals surface area contributed by atoms with Crippen molar-refractivity contribution in [3.8, 4) is 5.00 Å². The number of carbonyl (C=O) groups is 5. The highest BCUT2D eigenvalue weighted by Crippen LogP contribution is 2.40. The quantitative estimate of drug-likeness (QED) is 0.0761. The largest absolute Gasteiger partial charge is 0.381 e. The van der Waals surface area contributed by atoms with Crippen molar-refractivity contribution in [2.45, 2.75) is 116 Å². The van der Waals surface area contributed by atoms with Gasteiger partial charge in [-0.05, 0) is 76.3 Å². The number of ether oxygens (including phenoxy) is 1. The lowest BCUT2D eigenvalue weighted by Gasteiger charge is -2.29. The van der Waals surface area contributed by atoms with Gasteiger partial charge < -0.3 is 15.0 Å². The molecule has 310 valence electrons. The van der Waals surface area contributed by atoms with Gasteiger partial charge in [-0.25, -0.2) is 0 Å². The van der Waals surface area contributed by atoms with E-state index < -0.39 is 18.0 Å². The third-order valence-corrected chi connectivity index (χ3v) is 12.8. The molecule has 1 fully saturated rings. The van der Waals surface area contributed by atoms with E-state index in [2.05, 4.69) is 39.2 Å². The van der Waals surface area contributed by atoms with Crippen LogP contribution in [0.15, 0.2) is 47.5 Å². The summed E-state index contributed by atoms with van der Waals surface area (Å²) in [6.45, 7) is 7.52. The molecule has 7 rings (SSSR count). The predicted molar refractivity (Wildman–Crippen MR) is 226 cm³/mol. The van der Waals surface area contributed by atoms with Gasteiger partial charge in [-0.1, -0.05) is 55.5 Å². The lowest BCUT2D eigenvalue weighted by Crippen LogP contribution is -2.52. The monoisotopic (exact) mass is 839 g/mol. The molecule has 4 aromatic rings. The third-order valence-electron chi connectivity index (χ3n) is 11.3. The number of fused-ring (bicyclic) bond motifs is 4. The molecule has 2 atom stereocenters. The lowest BCUT2D eigenvalue weighted by molar-refractivity contribution is -0.137. The summed E-state index contributed by atoms with van der Waals surface area (Å²) < 4.78 is 7.94. The number of ketones is 1. The maximum absolute atomic E-state index is 13.3. The number of anilines is 1. The highest BCUT2D eigenvalue weighted by molar-refractivity contribution is 7.15. The summed E-state index contributed by atoms with van der Waals surface area (Å²) in [4.78, 5) is 71.1. The number of Topliss-reactive ketones (excluding diaryl/α,β-unsaturated/α-hetero) is 1. The second-order valence-electron chi connectivity index (χ2n) is 15.5. The fraction of sp³-hybridized carbons (Fsp3) is 0.455. The van der Waals surface area contributed by atoms with Crippen LogP contribution >= 0.6 is 22.9 Å². The Morgan fingerprint density at radius 3 is 2.46 bits per heavy atom. The molecule has 2 N–H and O–H groups in total. The molecule has 2 aromatic carbocycles. The number of halogens is 1. The van der Waals surface area contributed by atoms with Crippen LogP contribution in [0.25, 0.3) is 5.00 Å². The minimum absolute atomic E-state index is 0.107. The molecule has 13 nitrogen and oxygen atoms in total. The smallest absolute Gasteiger partial charge is 0.255 e. The second kappa shape index (κ2) is 18.9. The zero-order valence-corrected chi connectivity index (χ0v) is 35.3. The van der Waals surface area contributed by atoms with Gasteiger partial charge in [-0.2, -0.15) is 0 Å². The third kappa shape index (κ3) is 9.55.